The van der Waals surface area contributed by atoms with Gasteiger partial charge in [-0.1, -0.05) is 80.5 Å². The van der Waals surface area contributed by atoms with Gasteiger partial charge in [0.05, 0.1) is 30.7 Å². The van der Waals surface area contributed by atoms with Crippen LogP contribution in [-0.2, 0) is 11.4 Å². The van der Waals surface area contributed by atoms with E-state index in [1.165, 1.54) is 11.8 Å². The first kappa shape index (κ1) is 24.5. The molecule has 4 rings (SSSR count). The second-order valence-electron chi connectivity index (χ2n) is 6.78. The van der Waals surface area contributed by atoms with Crippen molar-refractivity contribution in [2.45, 2.75) is 6.61 Å². The van der Waals surface area contributed by atoms with E-state index in [2.05, 4.69) is 26.2 Å². The highest BCUT2D eigenvalue weighted by Gasteiger charge is 2.24. The molecule has 0 unspecified atom stereocenters. The van der Waals surface area contributed by atoms with Crippen molar-refractivity contribution in [1.82, 2.24) is 5.32 Å². The van der Waals surface area contributed by atoms with E-state index < -0.39 is 0 Å². The molecule has 1 heterocycles. The highest BCUT2D eigenvalue weighted by Crippen LogP contribution is 2.38. The number of halogens is 5. The Morgan fingerprint density at radius 1 is 1.00 bits per heavy atom. The van der Waals surface area contributed by atoms with Crippen molar-refractivity contribution in [2.24, 2.45) is 4.99 Å². The molecule has 168 valence electrons. The van der Waals surface area contributed by atoms with E-state index in [0.717, 1.165) is 10.0 Å². The van der Waals surface area contributed by atoms with Crippen LogP contribution in [0, 0.1) is 0 Å². The van der Waals surface area contributed by atoms with Crippen molar-refractivity contribution >= 4 is 96.9 Å². The van der Waals surface area contributed by atoms with Crippen LogP contribution in [0.15, 0.2) is 69.0 Å². The van der Waals surface area contributed by atoms with E-state index in [1.807, 2.05) is 24.3 Å². The van der Waals surface area contributed by atoms with Gasteiger partial charge in [-0.25, -0.2) is 4.99 Å². The van der Waals surface area contributed by atoms with Crippen LogP contribution in [0.1, 0.15) is 11.1 Å². The quantitative estimate of drug-likeness (QED) is 0.298. The normalized spacial score (nSPS) is 15.8. The van der Waals surface area contributed by atoms with E-state index >= 15 is 0 Å². The molecular weight excluding hydrogens is 590 g/mol. The number of hydrogen-bond acceptors (Lipinski definition) is 4. The monoisotopic (exact) mass is 600 g/mol. The highest BCUT2D eigenvalue weighted by atomic mass is 79.9. The van der Waals surface area contributed by atoms with Crippen molar-refractivity contribution in [3.8, 4) is 5.75 Å². The topological polar surface area (TPSA) is 50.7 Å². The van der Waals surface area contributed by atoms with Crippen LogP contribution < -0.4 is 10.1 Å². The zero-order valence-corrected chi connectivity index (χ0v) is 22.0. The van der Waals surface area contributed by atoms with Crippen molar-refractivity contribution in [3.63, 3.8) is 0 Å². The van der Waals surface area contributed by atoms with Crippen LogP contribution >= 0.6 is 74.1 Å². The summed E-state index contributed by atoms with van der Waals surface area (Å²) in [5.41, 5.74) is 2.09. The summed E-state index contributed by atoms with van der Waals surface area (Å²) < 4.78 is 6.80. The van der Waals surface area contributed by atoms with E-state index in [1.54, 1.807) is 36.4 Å². The Bertz CT molecular complexity index is 1270. The molecule has 0 aromatic heterocycles. The number of amides is 1. The SMILES string of the molecule is O=C1NC(=Nc2cccc(Cl)c2Cl)S/C1=C/c1cc(Cl)c(OCc2ccc(Br)cc2)c(Cl)c1. The predicted molar refractivity (Wildman–Crippen MR) is 142 cm³/mol. The number of nitrogens with one attached hydrogen (secondary N) is 1. The highest BCUT2D eigenvalue weighted by molar-refractivity contribution is 9.10. The summed E-state index contributed by atoms with van der Waals surface area (Å²) in [7, 11) is 0. The lowest BCUT2D eigenvalue weighted by Gasteiger charge is -2.11. The average molecular weight is 603 g/mol. The molecule has 0 saturated carbocycles. The Balaban J connectivity index is 1.51. The minimum Gasteiger partial charge on any atom is -0.486 e. The molecule has 0 spiro atoms. The van der Waals surface area contributed by atoms with Gasteiger partial charge in [-0.15, -0.1) is 0 Å². The third-order valence-corrected chi connectivity index (χ3v) is 7.23. The molecule has 1 saturated heterocycles. The Kier molecular flexibility index (Phi) is 7.95. The van der Waals surface area contributed by atoms with Gasteiger partial charge in [0.25, 0.3) is 5.91 Å². The molecule has 0 radical (unpaired) electrons. The number of ether oxygens (including phenoxy) is 1. The number of carbonyl (C=O) groups is 1. The van der Waals surface area contributed by atoms with Gasteiger partial charge in [-0.3, -0.25) is 4.79 Å². The van der Waals surface area contributed by atoms with Crippen LogP contribution in [-0.4, -0.2) is 11.1 Å². The number of nitrogens with zero attached hydrogens (tertiary/aromatic N) is 1. The first-order chi connectivity index (χ1) is 15.8. The maximum absolute atomic E-state index is 12.4. The smallest absolute Gasteiger partial charge is 0.264 e. The van der Waals surface area contributed by atoms with Gasteiger partial charge >= 0.3 is 0 Å². The Labute approximate surface area is 223 Å². The number of hydrogen-bond donors (Lipinski definition) is 1. The number of benzene rings is 3. The molecule has 33 heavy (non-hydrogen) atoms. The van der Waals surface area contributed by atoms with Gasteiger partial charge in [-0.2, -0.15) is 0 Å². The molecule has 0 atom stereocenters. The van der Waals surface area contributed by atoms with Crippen molar-refractivity contribution < 1.29 is 9.53 Å². The molecule has 0 bridgehead atoms. The first-order valence-electron chi connectivity index (χ1n) is 9.40. The molecular formula is C23H13BrCl4N2O2S. The number of aliphatic imine (C=N–C) groups is 1. The summed E-state index contributed by atoms with van der Waals surface area (Å²) in [4.78, 5) is 17.2. The lowest BCUT2D eigenvalue weighted by atomic mass is 10.2. The van der Waals surface area contributed by atoms with E-state index in [4.69, 9.17) is 51.1 Å². The summed E-state index contributed by atoms with van der Waals surface area (Å²) in [5.74, 6) is 0.0875. The standard InChI is InChI=1S/C23H13BrCl4N2O2S/c24-14-6-4-12(5-7-14)11-32-21-16(26)8-13(9-17(21)27)10-19-22(31)30-23(33-19)29-18-3-1-2-15(25)20(18)28/h1-10H,11H2,(H,29,30,31)/b19-10+. The minimum atomic E-state index is -0.292. The molecule has 0 aliphatic carbocycles. The van der Waals surface area contributed by atoms with Crippen LogP contribution in [0.5, 0.6) is 5.75 Å². The van der Waals surface area contributed by atoms with Gasteiger partial charge in [0, 0.05) is 4.47 Å². The third-order valence-electron chi connectivity index (χ3n) is 4.42. The molecule has 10 heteroatoms. The predicted octanol–water partition coefficient (Wildman–Crippen LogP) is 8.53. The lowest BCUT2D eigenvalue weighted by Crippen LogP contribution is -2.19. The fourth-order valence-corrected chi connectivity index (χ4v) is 4.91. The van der Waals surface area contributed by atoms with Crippen molar-refractivity contribution in [2.75, 3.05) is 0 Å². The molecule has 1 N–H and O–H groups in total. The van der Waals surface area contributed by atoms with E-state index in [0.29, 0.717) is 53.8 Å². The zero-order valence-electron chi connectivity index (χ0n) is 16.5. The van der Waals surface area contributed by atoms with Crippen LogP contribution in [0.2, 0.25) is 20.1 Å². The molecule has 3 aromatic carbocycles. The summed E-state index contributed by atoms with van der Waals surface area (Å²) in [6, 6.07) is 16.2. The number of thioether (sulfide) groups is 1. The summed E-state index contributed by atoms with van der Waals surface area (Å²) in [5, 5.41) is 4.49. The fraction of sp³-hybridized carbons (Fsp3) is 0.0435. The van der Waals surface area contributed by atoms with E-state index in [-0.39, 0.29) is 5.91 Å². The molecule has 1 amide bonds. The van der Waals surface area contributed by atoms with Gasteiger partial charge in [-0.05, 0) is 65.4 Å². The Morgan fingerprint density at radius 3 is 2.39 bits per heavy atom. The lowest BCUT2D eigenvalue weighted by molar-refractivity contribution is -0.115. The summed E-state index contributed by atoms with van der Waals surface area (Å²) >= 11 is 29.6. The van der Waals surface area contributed by atoms with Crippen LogP contribution in [0.4, 0.5) is 5.69 Å². The van der Waals surface area contributed by atoms with Gasteiger partial charge < -0.3 is 10.1 Å². The molecule has 1 aliphatic rings. The van der Waals surface area contributed by atoms with Gasteiger partial charge in [0.15, 0.2) is 10.9 Å². The fourth-order valence-electron chi connectivity index (χ4n) is 2.86. The Morgan fingerprint density at radius 2 is 1.70 bits per heavy atom. The average Bonchev–Trinajstić information content (AvgIpc) is 3.10. The summed E-state index contributed by atoms with van der Waals surface area (Å²) in [6.45, 7) is 0.317. The van der Waals surface area contributed by atoms with Crippen molar-refractivity contribution in [3.05, 3.63) is 95.2 Å². The minimum absolute atomic E-state index is 0.292. The van der Waals surface area contributed by atoms with Crippen LogP contribution in [0.3, 0.4) is 0 Å². The van der Waals surface area contributed by atoms with Gasteiger partial charge in [0.2, 0.25) is 0 Å². The Hall–Kier alpha value is -1.67. The van der Waals surface area contributed by atoms with Crippen molar-refractivity contribution in [1.29, 1.82) is 0 Å². The molecule has 1 fully saturated rings. The third kappa shape index (κ3) is 6.07. The van der Waals surface area contributed by atoms with Gasteiger partial charge in [0.1, 0.15) is 6.61 Å². The van der Waals surface area contributed by atoms with Crippen LogP contribution in [0.25, 0.3) is 6.08 Å². The number of rotatable bonds is 5. The largest absolute Gasteiger partial charge is 0.486 e. The zero-order chi connectivity index (χ0) is 23.5. The number of amidine groups is 1. The van der Waals surface area contributed by atoms with E-state index in [9.17, 15) is 4.79 Å². The number of carbonyl (C=O) groups excluding carboxylic acids is 1. The maximum Gasteiger partial charge on any atom is 0.264 e. The second kappa shape index (κ2) is 10.7. The first-order valence-corrected chi connectivity index (χ1v) is 12.5. The maximum atomic E-state index is 12.4. The second-order valence-corrected chi connectivity index (χ2v) is 10.3. The molecule has 3 aromatic rings. The molecule has 4 nitrogen and oxygen atoms in total. The summed E-state index contributed by atoms with van der Waals surface area (Å²) in [6.07, 6.45) is 1.68. The molecule has 1 aliphatic heterocycles.